The third-order valence-electron chi connectivity index (χ3n) is 6.27. The zero-order valence-electron chi connectivity index (χ0n) is 18.7. The number of carbonyl (C=O) groups excluding carboxylic acids is 1. The maximum absolute atomic E-state index is 12.7. The minimum absolute atomic E-state index is 0.0637. The van der Waals surface area contributed by atoms with Crippen molar-refractivity contribution in [2.24, 2.45) is 0 Å². The summed E-state index contributed by atoms with van der Waals surface area (Å²) < 4.78 is 16.6. The monoisotopic (exact) mass is 457 g/mol. The number of carbonyl (C=O) groups is 1. The molecular weight excluding hydrogens is 426 g/mol. The summed E-state index contributed by atoms with van der Waals surface area (Å²) in [5.41, 5.74) is 0.911. The Morgan fingerprint density at radius 1 is 1.06 bits per heavy atom. The second-order valence-electron chi connectivity index (χ2n) is 8.16. The van der Waals surface area contributed by atoms with Gasteiger partial charge in [0, 0.05) is 49.9 Å². The smallest absolute Gasteiger partial charge is 0.273 e. The Morgan fingerprint density at radius 3 is 2.47 bits per heavy atom. The molecule has 7 nitrogen and oxygen atoms in total. The molecule has 2 saturated heterocycles. The van der Waals surface area contributed by atoms with E-state index in [1.165, 1.54) is 0 Å². The van der Waals surface area contributed by atoms with Gasteiger partial charge in [-0.05, 0) is 49.5 Å². The highest BCUT2D eigenvalue weighted by Crippen LogP contribution is 2.28. The Bertz CT molecular complexity index is 902. The van der Waals surface area contributed by atoms with E-state index in [2.05, 4.69) is 9.88 Å². The molecule has 8 heteroatoms. The summed E-state index contributed by atoms with van der Waals surface area (Å²) in [7, 11) is 3.22. The molecule has 1 aromatic carbocycles. The van der Waals surface area contributed by atoms with Crippen molar-refractivity contribution in [1.82, 2.24) is 14.8 Å². The molecule has 0 N–H and O–H groups in total. The van der Waals surface area contributed by atoms with Crippen LogP contribution in [-0.4, -0.2) is 73.2 Å². The second kappa shape index (κ2) is 10.8. The van der Waals surface area contributed by atoms with E-state index in [1.807, 2.05) is 34.6 Å². The van der Waals surface area contributed by atoms with Gasteiger partial charge in [-0.15, -0.1) is 0 Å². The number of hydrogen-bond donors (Lipinski definition) is 0. The van der Waals surface area contributed by atoms with Gasteiger partial charge in [0.25, 0.3) is 5.19 Å². The van der Waals surface area contributed by atoms with Crippen LogP contribution in [0, 0.1) is 0 Å². The molecule has 0 atom stereocenters. The number of rotatable bonds is 7. The predicted molar refractivity (Wildman–Crippen MR) is 126 cm³/mol. The summed E-state index contributed by atoms with van der Waals surface area (Å²) in [4.78, 5) is 21.4. The van der Waals surface area contributed by atoms with Gasteiger partial charge in [-0.1, -0.05) is 17.4 Å². The van der Waals surface area contributed by atoms with E-state index in [9.17, 15) is 4.79 Å². The fourth-order valence-corrected chi connectivity index (χ4v) is 5.00. The van der Waals surface area contributed by atoms with Crippen molar-refractivity contribution in [3.8, 4) is 16.7 Å². The highest BCUT2D eigenvalue weighted by molar-refractivity contribution is 7.11. The number of benzene rings is 1. The molecule has 2 fully saturated rings. The first-order valence-corrected chi connectivity index (χ1v) is 12.0. The summed E-state index contributed by atoms with van der Waals surface area (Å²) >= 11 is 1.55. The van der Waals surface area contributed by atoms with Crippen LogP contribution in [0.3, 0.4) is 0 Å². The molecule has 0 unspecified atom stereocenters. The molecule has 0 bridgehead atoms. The van der Waals surface area contributed by atoms with E-state index in [0.717, 1.165) is 62.6 Å². The van der Waals surface area contributed by atoms with E-state index in [-0.39, 0.29) is 12.0 Å². The maximum Gasteiger partial charge on any atom is 0.273 e. The Balaban J connectivity index is 1.22. The van der Waals surface area contributed by atoms with Crippen LogP contribution in [0.1, 0.15) is 31.2 Å². The van der Waals surface area contributed by atoms with Crippen LogP contribution >= 0.6 is 11.3 Å². The lowest BCUT2D eigenvalue weighted by Gasteiger charge is -2.41. The zero-order valence-corrected chi connectivity index (χ0v) is 19.6. The van der Waals surface area contributed by atoms with Crippen molar-refractivity contribution >= 4 is 23.3 Å². The minimum atomic E-state index is 0.0637. The van der Waals surface area contributed by atoms with Crippen molar-refractivity contribution in [2.45, 2.75) is 37.8 Å². The van der Waals surface area contributed by atoms with E-state index in [4.69, 9.17) is 14.2 Å². The van der Waals surface area contributed by atoms with Crippen molar-refractivity contribution in [1.29, 1.82) is 0 Å². The highest BCUT2D eigenvalue weighted by Gasteiger charge is 2.30. The average Bonchev–Trinajstić information content (AvgIpc) is 3.36. The first-order chi connectivity index (χ1) is 15.7. The van der Waals surface area contributed by atoms with Crippen molar-refractivity contribution < 1.29 is 19.0 Å². The Hall–Kier alpha value is -2.58. The summed E-state index contributed by atoms with van der Waals surface area (Å²) in [6, 6.07) is 6.19. The van der Waals surface area contributed by atoms with Crippen molar-refractivity contribution in [3.63, 3.8) is 0 Å². The molecule has 3 heterocycles. The topological polar surface area (TPSA) is 64.1 Å². The van der Waals surface area contributed by atoms with Crippen LogP contribution in [-0.2, 0) is 4.79 Å². The van der Waals surface area contributed by atoms with Gasteiger partial charge in [-0.3, -0.25) is 9.69 Å². The van der Waals surface area contributed by atoms with Crippen LogP contribution in [0.2, 0.25) is 0 Å². The van der Waals surface area contributed by atoms with Gasteiger partial charge in [0.15, 0.2) is 11.5 Å². The molecule has 0 aliphatic carbocycles. The number of piperidine rings is 2. The molecule has 1 amide bonds. The van der Waals surface area contributed by atoms with Crippen LogP contribution in [0.15, 0.2) is 35.9 Å². The van der Waals surface area contributed by atoms with Gasteiger partial charge in [0.05, 0.1) is 14.2 Å². The lowest BCUT2D eigenvalue weighted by atomic mass is 9.99. The number of likely N-dealkylation sites (tertiary alicyclic amines) is 2. The number of methoxy groups -OCH3 is 2. The Kier molecular flexibility index (Phi) is 7.65. The molecule has 0 radical (unpaired) electrons. The summed E-state index contributed by atoms with van der Waals surface area (Å²) in [5.74, 6) is 1.40. The number of nitrogens with zero attached hydrogens (tertiary/aromatic N) is 3. The van der Waals surface area contributed by atoms with Crippen LogP contribution in [0.4, 0.5) is 0 Å². The molecule has 2 aromatic rings. The van der Waals surface area contributed by atoms with E-state index < -0.39 is 0 Å². The van der Waals surface area contributed by atoms with Crippen molar-refractivity contribution in [3.05, 3.63) is 41.4 Å². The number of thiazole rings is 1. The standard InChI is InChI=1S/C24H31N3O4S/c1-29-21-5-3-18(17-22(21)30-2)4-6-23(28)27-12-7-19(8-13-27)26-14-9-20(10-15-26)31-24-25-11-16-32-24/h3-6,11,16-17,19-20H,7-10,12-15H2,1-2H3. The van der Waals surface area contributed by atoms with E-state index >= 15 is 0 Å². The number of ether oxygens (including phenoxy) is 3. The molecule has 172 valence electrons. The first-order valence-electron chi connectivity index (χ1n) is 11.2. The zero-order chi connectivity index (χ0) is 22.3. The largest absolute Gasteiger partial charge is 0.493 e. The molecule has 2 aliphatic rings. The summed E-state index contributed by atoms with van der Waals surface area (Å²) in [5, 5.41) is 2.72. The first kappa shape index (κ1) is 22.6. The third kappa shape index (κ3) is 5.61. The summed E-state index contributed by atoms with van der Waals surface area (Å²) in [6.07, 6.45) is 9.65. The molecular formula is C24H31N3O4S. The SMILES string of the molecule is COc1ccc(C=CC(=O)N2CCC(N3CCC(Oc4nccs4)CC3)CC2)cc1OC. The Labute approximate surface area is 193 Å². The molecule has 32 heavy (non-hydrogen) atoms. The molecule has 0 saturated carbocycles. The van der Waals surface area contributed by atoms with Crippen molar-refractivity contribution in [2.75, 3.05) is 40.4 Å². The highest BCUT2D eigenvalue weighted by atomic mass is 32.1. The van der Waals surface area contributed by atoms with Crippen LogP contribution in [0.5, 0.6) is 16.7 Å². The van der Waals surface area contributed by atoms with Gasteiger partial charge >= 0.3 is 0 Å². The van der Waals surface area contributed by atoms with Gasteiger partial charge in [0.2, 0.25) is 5.91 Å². The fourth-order valence-electron chi connectivity index (χ4n) is 4.45. The Morgan fingerprint density at radius 2 is 1.81 bits per heavy atom. The second-order valence-corrected chi connectivity index (χ2v) is 9.01. The quantitative estimate of drug-likeness (QED) is 0.591. The van der Waals surface area contributed by atoms with Crippen LogP contribution in [0.25, 0.3) is 6.08 Å². The molecule has 2 aliphatic heterocycles. The van der Waals surface area contributed by atoms with Crippen LogP contribution < -0.4 is 14.2 Å². The minimum Gasteiger partial charge on any atom is -0.493 e. The van der Waals surface area contributed by atoms with Gasteiger partial charge in [0.1, 0.15) is 6.10 Å². The average molecular weight is 458 g/mol. The normalized spacial score (nSPS) is 18.8. The fraction of sp³-hybridized carbons (Fsp3) is 0.500. The van der Waals surface area contributed by atoms with Gasteiger partial charge in [-0.2, -0.15) is 0 Å². The summed E-state index contributed by atoms with van der Waals surface area (Å²) in [6.45, 7) is 3.70. The molecule has 1 aromatic heterocycles. The maximum atomic E-state index is 12.7. The lowest BCUT2D eigenvalue weighted by Crippen LogP contribution is -2.49. The van der Waals surface area contributed by atoms with E-state index in [0.29, 0.717) is 17.5 Å². The number of amides is 1. The predicted octanol–water partition coefficient (Wildman–Crippen LogP) is 3.71. The molecule has 4 rings (SSSR count). The molecule has 0 spiro atoms. The third-order valence-corrected chi connectivity index (χ3v) is 6.93. The van der Waals surface area contributed by atoms with E-state index in [1.54, 1.807) is 37.8 Å². The van der Waals surface area contributed by atoms with Gasteiger partial charge < -0.3 is 19.1 Å². The number of aromatic nitrogens is 1. The number of hydrogen-bond acceptors (Lipinski definition) is 7. The lowest BCUT2D eigenvalue weighted by molar-refractivity contribution is -0.127. The van der Waals surface area contributed by atoms with Gasteiger partial charge in [-0.25, -0.2) is 4.98 Å².